The molecule has 6 heteroatoms. The third-order valence-electron chi connectivity index (χ3n) is 3.07. The van der Waals surface area contributed by atoms with E-state index in [0.29, 0.717) is 12.1 Å². The van der Waals surface area contributed by atoms with Crippen molar-refractivity contribution in [2.75, 3.05) is 11.4 Å². The van der Waals surface area contributed by atoms with Crippen molar-refractivity contribution < 1.29 is 14.0 Å². The smallest absolute Gasteiger partial charge is 0.250 e. The van der Waals surface area contributed by atoms with E-state index in [1.165, 1.54) is 17.0 Å². The van der Waals surface area contributed by atoms with Gasteiger partial charge in [-0.15, -0.1) is 0 Å². The van der Waals surface area contributed by atoms with Crippen LogP contribution in [0.4, 0.5) is 10.1 Å². The van der Waals surface area contributed by atoms with Crippen molar-refractivity contribution >= 4 is 29.1 Å². The lowest BCUT2D eigenvalue weighted by Gasteiger charge is -2.33. The van der Waals surface area contributed by atoms with Gasteiger partial charge in [0, 0.05) is 10.7 Å². The van der Waals surface area contributed by atoms with Gasteiger partial charge in [-0.25, -0.2) is 4.39 Å². The van der Waals surface area contributed by atoms with E-state index in [1.807, 2.05) is 13.8 Å². The first-order valence-corrected chi connectivity index (χ1v) is 6.81. The van der Waals surface area contributed by atoms with Gasteiger partial charge in [0.1, 0.15) is 18.4 Å². The maximum atomic E-state index is 13.4. The zero-order chi connectivity index (χ0) is 14.9. The Hall–Kier alpha value is -1.62. The minimum absolute atomic E-state index is 0.118. The Morgan fingerprint density at radius 2 is 2.10 bits per heavy atom. The SMILES string of the molecule is CC(C)CC1NC(=O)CN(c2cc(F)cc(Cl)c2)C1=O. The predicted molar refractivity (Wildman–Crippen MR) is 75.1 cm³/mol. The molecule has 1 heterocycles. The van der Waals surface area contributed by atoms with E-state index >= 15 is 0 Å². The Morgan fingerprint density at radius 3 is 2.70 bits per heavy atom. The maximum Gasteiger partial charge on any atom is 0.250 e. The molecular weight excluding hydrogens is 283 g/mol. The van der Waals surface area contributed by atoms with Crippen LogP contribution in [-0.4, -0.2) is 24.4 Å². The van der Waals surface area contributed by atoms with Gasteiger partial charge in [0.05, 0.1) is 0 Å². The zero-order valence-corrected chi connectivity index (χ0v) is 12.1. The van der Waals surface area contributed by atoms with E-state index in [2.05, 4.69) is 5.32 Å². The number of benzene rings is 1. The third kappa shape index (κ3) is 3.28. The molecule has 20 heavy (non-hydrogen) atoms. The Bertz CT molecular complexity index is 528. The normalized spacial score (nSPS) is 19.4. The average molecular weight is 299 g/mol. The van der Waals surface area contributed by atoms with Gasteiger partial charge in [-0.1, -0.05) is 25.4 Å². The second kappa shape index (κ2) is 5.79. The number of hydrogen-bond acceptors (Lipinski definition) is 2. The monoisotopic (exact) mass is 298 g/mol. The number of nitrogens with zero attached hydrogens (tertiary/aromatic N) is 1. The van der Waals surface area contributed by atoms with Crippen LogP contribution < -0.4 is 10.2 Å². The van der Waals surface area contributed by atoms with Crippen LogP contribution >= 0.6 is 11.6 Å². The van der Waals surface area contributed by atoms with Gasteiger partial charge in [0.2, 0.25) is 11.8 Å². The van der Waals surface area contributed by atoms with Crippen LogP contribution in [0.1, 0.15) is 20.3 Å². The lowest BCUT2D eigenvalue weighted by atomic mass is 10.0. The molecule has 1 aromatic carbocycles. The standard InChI is InChI=1S/C14H16ClFN2O2/c1-8(2)3-12-14(20)18(7-13(19)17-12)11-5-9(15)4-10(16)6-11/h4-6,8,12H,3,7H2,1-2H3,(H,17,19). The van der Waals surface area contributed by atoms with Gasteiger partial charge in [0.25, 0.3) is 0 Å². The van der Waals surface area contributed by atoms with Crippen molar-refractivity contribution in [1.82, 2.24) is 5.32 Å². The molecule has 1 unspecified atom stereocenters. The van der Waals surface area contributed by atoms with Crippen molar-refractivity contribution in [2.24, 2.45) is 5.92 Å². The van der Waals surface area contributed by atoms with Gasteiger partial charge in [-0.05, 0) is 30.5 Å². The molecule has 1 saturated heterocycles. The van der Waals surface area contributed by atoms with E-state index in [0.717, 1.165) is 6.07 Å². The van der Waals surface area contributed by atoms with Gasteiger partial charge in [-0.2, -0.15) is 0 Å². The average Bonchev–Trinajstić information content (AvgIpc) is 2.31. The Morgan fingerprint density at radius 1 is 1.40 bits per heavy atom. The molecule has 1 N–H and O–H groups in total. The van der Waals surface area contributed by atoms with Crippen LogP contribution in [0.5, 0.6) is 0 Å². The summed E-state index contributed by atoms with van der Waals surface area (Å²) in [6, 6.07) is 3.27. The summed E-state index contributed by atoms with van der Waals surface area (Å²) in [6.07, 6.45) is 0.546. The van der Waals surface area contributed by atoms with Crippen LogP contribution in [0.3, 0.4) is 0 Å². The van der Waals surface area contributed by atoms with E-state index in [1.54, 1.807) is 0 Å². The van der Waals surface area contributed by atoms with E-state index in [4.69, 9.17) is 11.6 Å². The molecule has 0 saturated carbocycles. The van der Waals surface area contributed by atoms with Crippen molar-refractivity contribution in [3.05, 3.63) is 29.0 Å². The fourth-order valence-electron chi connectivity index (χ4n) is 2.26. The number of nitrogens with one attached hydrogen (secondary N) is 1. The predicted octanol–water partition coefficient (Wildman–Crippen LogP) is 2.36. The number of anilines is 1. The summed E-state index contributed by atoms with van der Waals surface area (Å²) in [6.45, 7) is 3.82. The highest BCUT2D eigenvalue weighted by Gasteiger charge is 2.34. The minimum Gasteiger partial charge on any atom is -0.343 e. The molecule has 1 aliphatic rings. The second-order valence-corrected chi connectivity index (χ2v) is 5.74. The van der Waals surface area contributed by atoms with Crippen molar-refractivity contribution in [3.8, 4) is 0 Å². The highest BCUT2D eigenvalue weighted by Crippen LogP contribution is 2.24. The summed E-state index contributed by atoms with van der Waals surface area (Å²) in [5, 5.41) is 2.86. The van der Waals surface area contributed by atoms with E-state index in [-0.39, 0.29) is 29.3 Å². The summed E-state index contributed by atoms with van der Waals surface area (Å²) in [4.78, 5) is 25.4. The summed E-state index contributed by atoms with van der Waals surface area (Å²) in [7, 11) is 0. The van der Waals surface area contributed by atoms with E-state index in [9.17, 15) is 14.0 Å². The summed E-state index contributed by atoms with van der Waals surface area (Å²) >= 11 is 5.80. The quantitative estimate of drug-likeness (QED) is 0.931. The summed E-state index contributed by atoms with van der Waals surface area (Å²) in [5.41, 5.74) is 0.309. The maximum absolute atomic E-state index is 13.4. The largest absolute Gasteiger partial charge is 0.343 e. The van der Waals surface area contributed by atoms with Gasteiger partial charge in [0.15, 0.2) is 0 Å². The number of piperazine rings is 1. The fraction of sp³-hybridized carbons (Fsp3) is 0.429. The van der Waals surface area contributed by atoms with Crippen LogP contribution in [0.2, 0.25) is 5.02 Å². The lowest BCUT2D eigenvalue weighted by molar-refractivity contribution is -0.131. The van der Waals surface area contributed by atoms with Crippen LogP contribution in [0, 0.1) is 11.7 Å². The van der Waals surface area contributed by atoms with Crippen molar-refractivity contribution in [1.29, 1.82) is 0 Å². The number of rotatable bonds is 3. The third-order valence-corrected chi connectivity index (χ3v) is 3.29. The molecule has 108 valence electrons. The Labute approximate surface area is 121 Å². The Balaban J connectivity index is 2.29. The molecular formula is C14H16ClFN2O2. The summed E-state index contributed by atoms with van der Waals surface area (Å²) < 4.78 is 13.4. The fourth-order valence-corrected chi connectivity index (χ4v) is 2.47. The molecule has 0 aromatic heterocycles. The molecule has 2 amide bonds. The first-order chi connectivity index (χ1) is 9.36. The number of carbonyl (C=O) groups excluding carboxylic acids is 2. The second-order valence-electron chi connectivity index (χ2n) is 5.30. The minimum atomic E-state index is -0.571. The molecule has 0 spiro atoms. The molecule has 0 aliphatic carbocycles. The molecule has 2 rings (SSSR count). The van der Waals surface area contributed by atoms with Gasteiger partial charge in [-0.3, -0.25) is 9.59 Å². The first kappa shape index (κ1) is 14.8. The topological polar surface area (TPSA) is 49.4 Å². The van der Waals surface area contributed by atoms with E-state index < -0.39 is 11.9 Å². The molecule has 1 fully saturated rings. The Kier molecular flexibility index (Phi) is 4.28. The van der Waals surface area contributed by atoms with Crippen molar-refractivity contribution in [3.63, 3.8) is 0 Å². The summed E-state index contributed by atoms with van der Waals surface area (Å²) in [5.74, 6) is -0.761. The van der Waals surface area contributed by atoms with Gasteiger partial charge >= 0.3 is 0 Å². The number of hydrogen-bond donors (Lipinski definition) is 1. The number of halogens is 2. The molecule has 1 aromatic rings. The number of carbonyl (C=O) groups is 2. The molecule has 0 radical (unpaired) electrons. The van der Waals surface area contributed by atoms with Crippen LogP contribution in [0.25, 0.3) is 0 Å². The molecule has 4 nitrogen and oxygen atoms in total. The molecule has 1 aliphatic heterocycles. The first-order valence-electron chi connectivity index (χ1n) is 6.43. The zero-order valence-electron chi connectivity index (χ0n) is 11.3. The highest BCUT2D eigenvalue weighted by molar-refractivity contribution is 6.31. The highest BCUT2D eigenvalue weighted by atomic mass is 35.5. The molecule has 0 bridgehead atoms. The van der Waals surface area contributed by atoms with Crippen molar-refractivity contribution in [2.45, 2.75) is 26.3 Å². The van der Waals surface area contributed by atoms with Gasteiger partial charge < -0.3 is 10.2 Å². The van der Waals surface area contributed by atoms with Crippen LogP contribution in [-0.2, 0) is 9.59 Å². The van der Waals surface area contributed by atoms with Crippen LogP contribution in [0.15, 0.2) is 18.2 Å². The molecule has 1 atom stereocenters. The number of amides is 2. The lowest BCUT2D eigenvalue weighted by Crippen LogP contribution is -2.58.